The van der Waals surface area contributed by atoms with Gasteiger partial charge < -0.3 is 14.3 Å². The van der Waals surface area contributed by atoms with Crippen molar-refractivity contribution < 1.29 is 23.9 Å². The molecule has 6 rings (SSSR count). The maximum Gasteiger partial charge on any atom is 0.313 e. The highest BCUT2D eigenvalue weighted by molar-refractivity contribution is 5.79. The SMILES string of the molecule is CC(=O)O[C@H]1CC[C@]2(C)[C@H]3CC=C4[C@@H]5CC(C)(C)CC[C@]5(C(=O)OCc5ccccc5)CC[C@@]4(C)[C@]3(C)CC[C@H]2[C@]1(C)C=O. The summed E-state index contributed by atoms with van der Waals surface area (Å²) in [4.78, 5) is 39.0. The van der Waals surface area contributed by atoms with Crippen LogP contribution in [0.15, 0.2) is 42.0 Å². The molecule has 0 N–H and O–H groups in total. The number of carbonyl (C=O) groups excluding carboxylic acids is 3. The fourth-order valence-corrected chi connectivity index (χ4v) is 11.7. The summed E-state index contributed by atoms with van der Waals surface area (Å²) in [5.41, 5.74) is 1.60. The lowest BCUT2D eigenvalue weighted by molar-refractivity contribution is -0.212. The lowest BCUT2D eigenvalue weighted by Crippen LogP contribution is -2.66. The average Bonchev–Trinajstić information content (AvgIpc) is 2.98. The van der Waals surface area contributed by atoms with Gasteiger partial charge in [0.15, 0.2) is 0 Å². The second kappa shape index (κ2) is 10.6. The number of carbonyl (C=O) groups is 3. The molecule has 240 valence electrons. The molecule has 5 aliphatic rings. The van der Waals surface area contributed by atoms with Crippen LogP contribution in [-0.4, -0.2) is 24.3 Å². The predicted molar refractivity (Wildman–Crippen MR) is 171 cm³/mol. The van der Waals surface area contributed by atoms with Gasteiger partial charge in [-0.05, 0) is 116 Å². The summed E-state index contributed by atoms with van der Waals surface area (Å²) in [5, 5.41) is 0. The van der Waals surface area contributed by atoms with Gasteiger partial charge in [0.05, 0.1) is 10.8 Å². The van der Waals surface area contributed by atoms with Crippen molar-refractivity contribution in [3.05, 3.63) is 47.5 Å². The van der Waals surface area contributed by atoms with E-state index >= 15 is 0 Å². The molecule has 0 unspecified atom stereocenters. The van der Waals surface area contributed by atoms with Crippen LogP contribution in [0.2, 0.25) is 0 Å². The number of esters is 2. The summed E-state index contributed by atoms with van der Waals surface area (Å²) in [7, 11) is 0. The number of fused-ring (bicyclic) bond motifs is 7. The predicted octanol–water partition coefficient (Wildman–Crippen LogP) is 8.64. The van der Waals surface area contributed by atoms with Crippen LogP contribution >= 0.6 is 0 Å². The van der Waals surface area contributed by atoms with Crippen LogP contribution in [0.4, 0.5) is 0 Å². The van der Waals surface area contributed by atoms with Crippen molar-refractivity contribution in [1.82, 2.24) is 0 Å². The first kappa shape index (κ1) is 31.5. The van der Waals surface area contributed by atoms with E-state index in [9.17, 15) is 14.4 Å². The van der Waals surface area contributed by atoms with Gasteiger partial charge in [-0.15, -0.1) is 0 Å². The molecule has 0 saturated heterocycles. The van der Waals surface area contributed by atoms with Crippen LogP contribution in [0.25, 0.3) is 0 Å². The maximum atomic E-state index is 14.2. The van der Waals surface area contributed by atoms with Crippen LogP contribution < -0.4 is 0 Å². The molecule has 5 heteroatoms. The number of hydrogen-bond acceptors (Lipinski definition) is 5. The number of aldehydes is 1. The highest BCUT2D eigenvalue weighted by atomic mass is 16.5. The zero-order valence-corrected chi connectivity index (χ0v) is 28.2. The molecule has 0 bridgehead atoms. The third-order valence-electron chi connectivity index (χ3n) is 14.5. The molecule has 1 aromatic rings. The molecule has 0 aliphatic heterocycles. The van der Waals surface area contributed by atoms with Gasteiger partial charge in [0.1, 0.15) is 19.0 Å². The summed E-state index contributed by atoms with van der Waals surface area (Å²) in [5.74, 6) is 0.490. The Labute approximate surface area is 264 Å². The number of hydrogen-bond donors (Lipinski definition) is 0. The minimum Gasteiger partial charge on any atom is -0.462 e. The van der Waals surface area contributed by atoms with Crippen LogP contribution in [0.1, 0.15) is 118 Å². The Hall–Kier alpha value is -2.43. The molecule has 0 radical (unpaired) electrons. The highest BCUT2D eigenvalue weighted by Crippen LogP contribution is 2.75. The Bertz CT molecular complexity index is 1350. The van der Waals surface area contributed by atoms with Crippen LogP contribution in [0.5, 0.6) is 0 Å². The Morgan fingerprint density at radius 1 is 0.886 bits per heavy atom. The first-order valence-electron chi connectivity index (χ1n) is 17.2. The first-order valence-corrected chi connectivity index (χ1v) is 17.2. The van der Waals surface area contributed by atoms with E-state index in [0.717, 1.165) is 76.1 Å². The zero-order valence-electron chi connectivity index (χ0n) is 28.2. The number of ether oxygens (including phenoxy) is 2. The molecule has 0 amide bonds. The maximum absolute atomic E-state index is 14.2. The summed E-state index contributed by atoms with van der Waals surface area (Å²) in [6.07, 6.45) is 12.8. The minimum atomic E-state index is -0.678. The van der Waals surface area contributed by atoms with Gasteiger partial charge in [-0.3, -0.25) is 9.59 Å². The van der Waals surface area contributed by atoms with Gasteiger partial charge in [-0.25, -0.2) is 0 Å². The van der Waals surface area contributed by atoms with Crippen LogP contribution in [-0.2, 0) is 30.5 Å². The number of rotatable bonds is 5. The molecule has 0 aromatic heterocycles. The normalized spacial score (nSPS) is 44.0. The van der Waals surface area contributed by atoms with Gasteiger partial charge in [0.2, 0.25) is 0 Å². The first-order chi connectivity index (χ1) is 20.7. The lowest BCUT2D eigenvalue weighted by Gasteiger charge is -2.71. The van der Waals surface area contributed by atoms with Crippen molar-refractivity contribution >= 4 is 18.2 Å². The molecule has 1 aromatic carbocycles. The van der Waals surface area contributed by atoms with Crippen molar-refractivity contribution in [2.24, 2.45) is 50.2 Å². The minimum absolute atomic E-state index is 0.00158. The number of benzene rings is 1. The van der Waals surface area contributed by atoms with Gasteiger partial charge in [-0.2, -0.15) is 0 Å². The molecule has 0 spiro atoms. The average molecular weight is 603 g/mol. The quantitative estimate of drug-likeness (QED) is 0.192. The standard InChI is InChI=1S/C39H54O5/c1-26(41)44-32-16-17-35(4)30(36(32,5)25-40)15-18-38(7)31(35)14-13-28-29-23-34(2,3)19-21-39(29,22-20-37(28,38)6)33(42)43-24-27-11-9-8-10-12-27/h8-13,25,29-32H,14-24H2,1-7H3/t29-,30+,31+,32-,35-,36-,37+,38+,39-/m0/s1. The van der Waals surface area contributed by atoms with E-state index in [1.807, 2.05) is 37.3 Å². The van der Waals surface area contributed by atoms with E-state index in [1.165, 1.54) is 12.5 Å². The summed E-state index contributed by atoms with van der Waals surface area (Å²) >= 11 is 0. The number of allylic oxidation sites excluding steroid dienone is 2. The van der Waals surface area contributed by atoms with E-state index < -0.39 is 10.8 Å². The Balaban J connectivity index is 1.35. The van der Waals surface area contributed by atoms with E-state index in [4.69, 9.17) is 9.47 Å². The fraction of sp³-hybridized carbons (Fsp3) is 0.718. The molecular weight excluding hydrogens is 548 g/mol. The third kappa shape index (κ3) is 4.48. The monoisotopic (exact) mass is 602 g/mol. The largest absolute Gasteiger partial charge is 0.462 e. The Morgan fingerprint density at radius 3 is 2.27 bits per heavy atom. The van der Waals surface area contributed by atoms with E-state index in [-0.39, 0.29) is 51.5 Å². The second-order valence-electron chi connectivity index (χ2n) is 17.1. The fourth-order valence-electron chi connectivity index (χ4n) is 11.7. The van der Waals surface area contributed by atoms with E-state index in [2.05, 4.69) is 40.7 Å². The van der Waals surface area contributed by atoms with Crippen LogP contribution in [0, 0.1) is 50.2 Å². The summed E-state index contributed by atoms with van der Waals surface area (Å²) < 4.78 is 12.0. The van der Waals surface area contributed by atoms with E-state index in [0.29, 0.717) is 12.5 Å². The van der Waals surface area contributed by atoms with Crippen molar-refractivity contribution in [1.29, 1.82) is 0 Å². The van der Waals surface area contributed by atoms with Crippen LogP contribution in [0.3, 0.4) is 0 Å². The smallest absolute Gasteiger partial charge is 0.313 e. The van der Waals surface area contributed by atoms with Crippen molar-refractivity contribution in [2.45, 2.75) is 125 Å². The van der Waals surface area contributed by atoms with Crippen molar-refractivity contribution in [3.63, 3.8) is 0 Å². The van der Waals surface area contributed by atoms with E-state index in [1.54, 1.807) is 0 Å². The molecule has 9 atom stereocenters. The molecule has 4 fully saturated rings. The summed E-state index contributed by atoms with van der Waals surface area (Å²) in [6, 6.07) is 10.0. The topological polar surface area (TPSA) is 69.7 Å². The molecule has 44 heavy (non-hydrogen) atoms. The highest BCUT2D eigenvalue weighted by Gasteiger charge is 2.70. The lowest BCUT2D eigenvalue weighted by atomic mass is 9.33. The molecular formula is C39H54O5. The molecule has 0 heterocycles. The van der Waals surface area contributed by atoms with Gasteiger partial charge in [-0.1, -0.05) is 76.6 Å². The van der Waals surface area contributed by atoms with Gasteiger partial charge in [0, 0.05) is 6.92 Å². The summed E-state index contributed by atoms with van der Waals surface area (Å²) in [6.45, 7) is 16.1. The molecule has 5 aliphatic carbocycles. The Kier molecular flexibility index (Phi) is 7.57. The third-order valence-corrected chi connectivity index (χ3v) is 14.5. The molecule has 4 saturated carbocycles. The zero-order chi connectivity index (χ0) is 31.8. The Morgan fingerprint density at radius 2 is 1.59 bits per heavy atom. The van der Waals surface area contributed by atoms with Crippen molar-refractivity contribution in [3.8, 4) is 0 Å². The molecule has 5 nitrogen and oxygen atoms in total. The van der Waals surface area contributed by atoms with Gasteiger partial charge in [0.25, 0.3) is 0 Å². The second-order valence-corrected chi connectivity index (χ2v) is 17.1. The van der Waals surface area contributed by atoms with Gasteiger partial charge >= 0.3 is 11.9 Å². The van der Waals surface area contributed by atoms with Crippen molar-refractivity contribution in [2.75, 3.05) is 0 Å².